The largest absolute Gasteiger partial charge is 0.359 e. The van der Waals surface area contributed by atoms with E-state index >= 15 is 0 Å². The van der Waals surface area contributed by atoms with Gasteiger partial charge in [-0.15, -0.1) is 0 Å². The van der Waals surface area contributed by atoms with Crippen molar-refractivity contribution in [2.24, 2.45) is 4.40 Å². The zero-order valence-electron chi connectivity index (χ0n) is 8.89. The number of hydrogen-bond acceptors (Lipinski definition) is 7. The first-order valence-corrected chi connectivity index (χ1v) is 8.76. The molecule has 0 aromatic heterocycles. The van der Waals surface area contributed by atoms with Gasteiger partial charge >= 0.3 is 10.2 Å². The summed E-state index contributed by atoms with van der Waals surface area (Å²) < 4.78 is 69.6. The molecule has 0 saturated heterocycles. The van der Waals surface area contributed by atoms with E-state index in [0.717, 1.165) is 13.8 Å². The smallest absolute Gasteiger partial charge is 0.210 e. The monoisotopic (exact) mass is 306 g/mol. The summed E-state index contributed by atoms with van der Waals surface area (Å²) in [6.45, 7) is 2.10. The molecule has 9 nitrogen and oxygen atoms in total. The molecule has 0 heterocycles. The maximum Gasteiger partial charge on any atom is 0.359 e. The van der Waals surface area contributed by atoms with Crippen LogP contribution in [0.4, 0.5) is 0 Å². The molecule has 0 spiro atoms. The van der Waals surface area contributed by atoms with E-state index in [4.69, 9.17) is 0 Å². The number of hydrogen-bond donors (Lipinski definition) is 0. The van der Waals surface area contributed by atoms with Crippen molar-refractivity contribution in [1.29, 1.82) is 0 Å². The van der Waals surface area contributed by atoms with Gasteiger partial charge in [0, 0.05) is 3.12 Å². The SMILES string of the molecule is CCS(=O)(=O)N(S(=O)(=O)CC)S(=O)(=O)N=C=O. The van der Waals surface area contributed by atoms with Crippen molar-refractivity contribution in [3.05, 3.63) is 0 Å². The Morgan fingerprint density at radius 1 is 0.941 bits per heavy atom. The van der Waals surface area contributed by atoms with Crippen LogP contribution in [0.25, 0.3) is 0 Å². The fraction of sp³-hybridized carbons (Fsp3) is 0.800. The predicted octanol–water partition coefficient (Wildman–Crippen LogP) is -1.43. The van der Waals surface area contributed by atoms with Crippen molar-refractivity contribution in [2.45, 2.75) is 13.8 Å². The molecule has 0 atom stereocenters. The van der Waals surface area contributed by atoms with Crippen LogP contribution in [0.15, 0.2) is 4.40 Å². The molecule has 0 aromatic rings. The van der Waals surface area contributed by atoms with Crippen molar-refractivity contribution < 1.29 is 30.0 Å². The molecule has 0 radical (unpaired) electrons. The zero-order valence-corrected chi connectivity index (χ0v) is 11.3. The van der Waals surface area contributed by atoms with Gasteiger partial charge < -0.3 is 0 Å². The summed E-state index contributed by atoms with van der Waals surface area (Å²) in [7, 11) is -14.4. The fourth-order valence-corrected chi connectivity index (χ4v) is 6.48. The topological polar surface area (TPSA) is 135 Å². The molecule has 12 heteroatoms. The van der Waals surface area contributed by atoms with Gasteiger partial charge in [0.1, 0.15) is 0 Å². The van der Waals surface area contributed by atoms with E-state index in [0.29, 0.717) is 6.08 Å². The third-order valence-corrected chi connectivity index (χ3v) is 8.43. The van der Waals surface area contributed by atoms with E-state index < -0.39 is 44.9 Å². The second kappa shape index (κ2) is 5.23. The second-order valence-corrected chi connectivity index (χ2v) is 8.94. The van der Waals surface area contributed by atoms with Crippen LogP contribution >= 0.6 is 0 Å². The summed E-state index contributed by atoms with van der Waals surface area (Å²) in [5.41, 5.74) is 0. The maximum absolute atomic E-state index is 11.4. The Labute approximate surface area is 99.4 Å². The van der Waals surface area contributed by atoms with Gasteiger partial charge in [0.2, 0.25) is 20.0 Å². The molecule has 0 amide bonds. The third kappa shape index (κ3) is 3.57. The van der Waals surface area contributed by atoms with Gasteiger partial charge in [-0.25, -0.2) is 21.6 Å². The lowest BCUT2D eigenvalue weighted by atomic mass is 11.0. The third-order valence-electron chi connectivity index (χ3n) is 1.52. The van der Waals surface area contributed by atoms with Crippen molar-refractivity contribution in [3.63, 3.8) is 0 Å². The second-order valence-electron chi connectivity index (χ2n) is 2.60. The number of rotatable bonds is 6. The van der Waals surface area contributed by atoms with Crippen LogP contribution in [-0.2, 0) is 35.1 Å². The van der Waals surface area contributed by atoms with Crippen molar-refractivity contribution >= 4 is 36.3 Å². The minimum absolute atomic E-state index is 0.597. The molecule has 0 rings (SSSR count). The molecule has 0 aliphatic rings. The Hall–Kier alpha value is -0.810. The first-order valence-electron chi connectivity index (χ1n) is 4.15. The van der Waals surface area contributed by atoms with Crippen molar-refractivity contribution in [3.8, 4) is 0 Å². The molecule has 100 valence electrons. The molecule has 0 aliphatic carbocycles. The van der Waals surface area contributed by atoms with Gasteiger partial charge in [0.05, 0.1) is 11.5 Å². The zero-order chi connectivity index (χ0) is 13.9. The highest BCUT2D eigenvalue weighted by Crippen LogP contribution is 2.17. The van der Waals surface area contributed by atoms with Crippen LogP contribution in [0.5, 0.6) is 0 Å². The number of isocyanates is 1. The van der Waals surface area contributed by atoms with Gasteiger partial charge in [-0.3, -0.25) is 0 Å². The Balaban J connectivity index is 6.25. The Kier molecular flexibility index (Phi) is 4.98. The highest BCUT2D eigenvalue weighted by Gasteiger charge is 2.42. The number of sulfonamides is 2. The normalized spacial score (nSPS) is 13.4. The summed E-state index contributed by atoms with van der Waals surface area (Å²) in [6.07, 6.45) is 0.597. The maximum atomic E-state index is 11.4. The van der Waals surface area contributed by atoms with Gasteiger partial charge in [0.15, 0.2) is 0 Å². The fourth-order valence-electron chi connectivity index (χ4n) is 0.751. The standard InChI is InChI=1S/C5H10N2O7S3/c1-3-15(9,10)7(16(11,12)4-2)17(13,14)6-5-8/h3-4H2,1-2H3. The average Bonchev–Trinajstić information content (AvgIpc) is 2.16. The lowest BCUT2D eigenvalue weighted by Gasteiger charge is -2.16. The first kappa shape index (κ1) is 16.2. The summed E-state index contributed by atoms with van der Waals surface area (Å²) in [4.78, 5) is 9.87. The number of nitrogens with zero attached hydrogens (tertiary/aromatic N) is 2. The lowest BCUT2D eigenvalue weighted by molar-refractivity contribution is 0.530. The van der Waals surface area contributed by atoms with Crippen molar-refractivity contribution in [2.75, 3.05) is 11.5 Å². The quantitative estimate of drug-likeness (QED) is 0.433. The van der Waals surface area contributed by atoms with Gasteiger partial charge in [-0.05, 0) is 13.8 Å². The minimum atomic E-state index is -5.15. The molecule has 0 saturated carbocycles. The number of carbonyl (C=O) groups excluding carboxylic acids is 1. The minimum Gasteiger partial charge on any atom is -0.210 e. The molecule has 0 unspecified atom stereocenters. The molecule has 0 aliphatic heterocycles. The molecule has 0 N–H and O–H groups in total. The van der Waals surface area contributed by atoms with E-state index in [-0.39, 0.29) is 0 Å². The van der Waals surface area contributed by atoms with E-state index in [1.807, 2.05) is 0 Å². The molecule has 17 heavy (non-hydrogen) atoms. The Bertz CT molecular complexity index is 589. The molecule has 0 fully saturated rings. The summed E-state index contributed by atoms with van der Waals surface area (Å²) in [5, 5.41) is 0. The summed E-state index contributed by atoms with van der Waals surface area (Å²) in [6, 6.07) is 0. The average molecular weight is 306 g/mol. The molecular weight excluding hydrogens is 296 g/mol. The highest BCUT2D eigenvalue weighted by atomic mass is 32.3. The van der Waals surface area contributed by atoms with Crippen LogP contribution in [0, 0.1) is 0 Å². The van der Waals surface area contributed by atoms with Crippen LogP contribution in [-0.4, -0.2) is 46.0 Å². The van der Waals surface area contributed by atoms with Crippen LogP contribution in [0.2, 0.25) is 0 Å². The molecular formula is C5H10N2O7S3. The van der Waals surface area contributed by atoms with E-state index in [9.17, 15) is 30.0 Å². The van der Waals surface area contributed by atoms with Crippen LogP contribution in [0.1, 0.15) is 13.8 Å². The Morgan fingerprint density at radius 3 is 1.53 bits per heavy atom. The first-order chi connectivity index (χ1) is 7.55. The van der Waals surface area contributed by atoms with Gasteiger partial charge in [0.25, 0.3) is 6.08 Å². The highest BCUT2D eigenvalue weighted by molar-refractivity contribution is 8.17. The van der Waals surface area contributed by atoms with Crippen LogP contribution in [0.3, 0.4) is 0 Å². The van der Waals surface area contributed by atoms with Gasteiger partial charge in [-0.2, -0.15) is 8.42 Å². The van der Waals surface area contributed by atoms with Crippen molar-refractivity contribution in [1.82, 2.24) is 3.12 Å². The van der Waals surface area contributed by atoms with Gasteiger partial charge in [-0.1, -0.05) is 4.40 Å². The van der Waals surface area contributed by atoms with E-state index in [1.54, 1.807) is 0 Å². The van der Waals surface area contributed by atoms with Crippen LogP contribution < -0.4 is 0 Å². The lowest BCUT2D eigenvalue weighted by Crippen LogP contribution is -2.42. The van der Waals surface area contributed by atoms with E-state index in [1.165, 1.54) is 0 Å². The molecule has 0 aromatic carbocycles. The summed E-state index contributed by atoms with van der Waals surface area (Å²) >= 11 is 0. The summed E-state index contributed by atoms with van der Waals surface area (Å²) in [5.74, 6) is -1.56. The molecule has 0 bridgehead atoms. The Morgan fingerprint density at radius 2 is 1.29 bits per heavy atom. The van der Waals surface area contributed by atoms with E-state index in [2.05, 4.69) is 4.40 Å². The predicted molar refractivity (Wildman–Crippen MR) is 57.8 cm³/mol.